The highest BCUT2D eigenvalue weighted by atomic mass is 19.4. The van der Waals surface area contributed by atoms with Crippen molar-refractivity contribution in [3.63, 3.8) is 0 Å². The summed E-state index contributed by atoms with van der Waals surface area (Å²) in [5, 5.41) is 2.89. The molecule has 0 saturated carbocycles. The lowest BCUT2D eigenvalue weighted by atomic mass is 9.95. The number of methoxy groups -OCH3 is 1. The molecular formula is C21H23F3N2O2. The molecule has 7 heteroatoms. The van der Waals surface area contributed by atoms with Crippen molar-refractivity contribution in [3.8, 4) is 5.75 Å². The Hall–Kier alpha value is -2.54. The number of benzene rings is 2. The molecule has 0 spiro atoms. The van der Waals surface area contributed by atoms with E-state index < -0.39 is 11.7 Å². The number of ether oxygens (including phenoxy) is 1. The minimum absolute atomic E-state index is 0.0835. The van der Waals surface area contributed by atoms with E-state index >= 15 is 0 Å². The summed E-state index contributed by atoms with van der Waals surface area (Å²) in [7, 11) is 1.54. The third kappa shape index (κ3) is 4.84. The van der Waals surface area contributed by atoms with Crippen LogP contribution in [0.25, 0.3) is 0 Å². The fourth-order valence-electron chi connectivity index (χ4n) is 3.51. The quantitative estimate of drug-likeness (QED) is 0.811. The van der Waals surface area contributed by atoms with Gasteiger partial charge in [0.25, 0.3) is 0 Å². The molecule has 0 aromatic heterocycles. The summed E-state index contributed by atoms with van der Waals surface area (Å²) in [5.74, 6) is 0.343. The van der Waals surface area contributed by atoms with E-state index in [1.54, 1.807) is 25.3 Å². The van der Waals surface area contributed by atoms with E-state index in [1.165, 1.54) is 12.1 Å². The Bertz CT molecular complexity index is 815. The van der Waals surface area contributed by atoms with Gasteiger partial charge in [0, 0.05) is 12.5 Å². The van der Waals surface area contributed by atoms with Crippen LogP contribution in [-0.4, -0.2) is 31.0 Å². The Kier molecular flexibility index (Phi) is 6.24. The van der Waals surface area contributed by atoms with Crippen molar-refractivity contribution in [2.75, 3.05) is 25.5 Å². The van der Waals surface area contributed by atoms with Crippen LogP contribution >= 0.6 is 0 Å². The molecule has 3 rings (SSSR count). The van der Waals surface area contributed by atoms with Crippen LogP contribution in [0, 0.1) is 5.92 Å². The van der Waals surface area contributed by atoms with Crippen LogP contribution in [0.4, 0.5) is 18.9 Å². The molecule has 0 bridgehead atoms. The molecule has 0 aliphatic carbocycles. The van der Waals surface area contributed by atoms with Gasteiger partial charge in [-0.15, -0.1) is 0 Å². The third-order valence-corrected chi connectivity index (χ3v) is 5.04. The zero-order chi connectivity index (χ0) is 20.1. The number of amides is 1. The smallest absolute Gasteiger partial charge is 0.416 e. The maximum Gasteiger partial charge on any atom is 0.416 e. The molecule has 0 radical (unpaired) electrons. The van der Waals surface area contributed by atoms with Crippen molar-refractivity contribution < 1.29 is 22.7 Å². The number of alkyl halides is 3. The highest BCUT2D eigenvalue weighted by Crippen LogP contribution is 2.33. The number of anilines is 1. The van der Waals surface area contributed by atoms with E-state index in [4.69, 9.17) is 4.74 Å². The van der Waals surface area contributed by atoms with Gasteiger partial charge in [-0.3, -0.25) is 9.69 Å². The standard InChI is InChI=1S/C21H23F3N2O2/c1-28-19-9-5-4-8-18(19)25-20(27)15-10-12-26(13-11-15)14-16-6-2-3-7-17(16)21(22,23)24/h2-9,15H,10-14H2,1H3,(H,25,27). The monoisotopic (exact) mass is 392 g/mol. The summed E-state index contributed by atoms with van der Waals surface area (Å²) >= 11 is 0. The zero-order valence-electron chi connectivity index (χ0n) is 15.6. The Morgan fingerprint density at radius 2 is 1.75 bits per heavy atom. The number of hydrogen-bond donors (Lipinski definition) is 1. The van der Waals surface area contributed by atoms with Gasteiger partial charge in [0.1, 0.15) is 5.75 Å². The number of likely N-dealkylation sites (tertiary alicyclic amines) is 1. The average molecular weight is 392 g/mol. The Morgan fingerprint density at radius 1 is 1.11 bits per heavy atom. The molecule has 4 nitrogen and oxygen atoms in total. The third-order valence-electron chi connectivity index (χ3n) is 5.04. The second-order valence-corrected chi connectivity index (χ2v) is 6.89. The summed E-state index contributed by atoms with van der Waals surface area (Å²) in [5.41, 5.74) is 0.300. The molecule has 1 saturated heterocycles. The topological polar surface area (TPSA) is 41.6 Å². The van der Waals surface area contributed by atoms with Crippen molar-refractivity contribution in [2.45, 2.75) is 25.6 Å². The van der Waals surface area contributed by atoms with Crippen LogP contribution < -0.4 is 10.1 Å². The highest BCUT2D eigenvalue weighted by Gasteiger charge is 2.34. The van der Waals surface area contributed by atoms with E-state index in [9.17, 15) is 18.0 Å². The van der Waals surface area contributed by atoms with Gasteiger partial charge in [-0.25, -0.2) is 0 Å². The molecule has 1 aliphatic rings. The summed E-state index contributed by atoms with van der Waals surface area (Å²) in [6.45, 7) is 1.39. The number of carbonyl (C=O) groups is 1. The molecule has 0 atom stereocenters. The first kappa shape index (κ1) is 20.2. The lowest BCUT2D eigenvalue weighted by Gasteiger charge is -2.32. The van der Waals surface area contributed by atoms with Crippen molar-refractivity contribution in [3.05, 3.63) is 59.7 Å². The molecular weight excluding hydrogens is 369 g/mol. The van der Waals surface area contributed by atoms with Crippen LogP contribution in [-0.2, 0) is 17.5 Å². The summed E-state index contributed by atoms with van der Waals surface area (Å²) in [6.07, 6.45) is -3.14. The molecule has 1 N–H and O–H groups in total. The van der Waals surface area contributed by atoms with Crippen molar-refractivity contribution in [1.29, 1.82) is 0 Å². The fourth-order valence-corrected chi connectivity index (χ4v) is 3.51. The first-order valence-electron chi connectivity index (χ1n) is 9.20. The van der Waals surface area contributed by atoms with Gasteiger partial charge in [-0.2, -0.15) is 13.2 Å². The fraction of sp³-hybridized carbons (Fsp3) is 0.381. The van der Waals surface area contributed by atoms with E-state index in [0.717, 1.165) is 6.07 Å². The minimum atomic E-state index is -4.36. The molecule has 0 unspecified atom stereocenters. The van der Waals surface area contributed by atoms with Crippen LogP contribution in [0.15, 0.2) is 48.5 Å². The van der Waals surface area contributed by atoms with E-state index in [1.807, 2.05) is 17.0 Å². The molecule has 1 amide bonds. The van der Waals surface area contributed by atoms with Crippen molar-refractivity contribution in [1.82, 2.24) is 4.90 Å². The number of carbonyl (C=O) groups excluding carboxylic acids is 1. The van der Waals surface area contributed by atoms with Gasteiger partial charge in [0.15, 0.2) is 0 Å². The summed E-state index contributed by atoms with van der Waals surface area (Å²) in [4.78, 5) is 14.5. The van der Waals surface area contributed by atoms with Gasteiger partial charge in [0.2, 0.25) is 5.91 Å². The number of hydrogen-bond acceptors (Lipinski definition) is 3. The van der Waals surface area contributed by atoms with Gasteiger partial charge in [-0.1, -0.05) is 30.3 Å². The van der Waals surface area contributed by atoms with Gasteiger partial charge in [-0.05, 0) is 49.7 Å². The molecule has 150 valence electrons. The van der Waals surface area contributed by atoms with Crippen LogP contribution in [0.1, 0.15) is 24.0 Å². The second kappa shape index (κ2) is 8.65. The zero-order valence-corrected chi connectivity index (χ0v) is 15.6. The van der Waals surface area contributed by atoms with E-state index in [2.05, 4.69) is 5.32 Å². The maximum absolute atomic E-state index is 13.2. The van der Waals surface area contributed by atoms with Gasteiger partial charge in [0.05, 0.1) is 18.4 Å². The number of halogens is 3. The first-order chi connectivity index (χ1) is 13.4. The normalized spacial score (nSPS) is 16.0. The first-order valence-corrected chi connectivity index (χ1v) is 9.20. The number of nitrogens with one attached hydrogen (secondary N) is 1. The number of para-hydroxylation sites is 2. The van der Waals surface area contributed by atoms with Gasteiger partial charge >= 0.3 is 6.18 Å². The molecule has 2 aromatic rings. The molecule has 1 heterocycles. The molecule has 1 fully saturated rings. The number of rotatable bonds is 5. The van der Waals surface area contributed by atoms with Gasteiger partial charge < -0.3 is 10.1 Å². The predicted molar refractivity (Wildman–Crippen MR) is 101 cm³/mol. The maximum atomic E-state index is 13.2. The van der Waals surface area contributed by atoms with Crippen LogP contribution in [0.3, 0.4) is 0 Å². The molecule has 1 aliphatic heterocycles. The van der Waals surface area contributed by atoms with E-state index in [-0.39, 0.29) is 23.9 Å². The number of nitrogens with zero attached hydrogens (tertiary/aromatic N) is 1. The lowest BCUT2D eigenvalue weighted by Crippen LogP contribution is -2.38. The van der Waals surface area contributed by atoms with E-state index in [0.29, 0.717) is 37.4 Å². The largest absolute Gasteiger partial charge is 0.495 e. The van der Waals surface area contributed by atoms with Crippen molar-refractivity contribution in [2.24, 2.45) is 5.92 Å². The Morgan fingerprint density at radius 3 is 2.43 bits per heavy atom. The number of piperidine rings is 1. The Balaban J connectivity index is 1.57. The SMILES string of the molecule is COc1ccccc1NC(=O)C1CCN(Cc2ccccc2C(F)(F)F)CC1. The average Bonchev–Trinajstić information content (AvgIpc) is 2.68. The van der Waals surface area contributed by atoms with Crippen LogP contribution in [0.2, 0.25) is 0 Å². The highest BCUT2D eigenvalue weighted by molar-refractivity contribution is 5.94. The minimum Gasteiger partial charge on any atom is -0.495 e. The van der Waals surface area contributed by atoms with Crippen molar-refractivity contribution >= 4 is 11.6 Å². The molecule has 28 heavy (non-hydrogen) atoms. The summed E-state index contributed by atoms with van der Waals surface area (Å²) in [6, 6.07) is 12.9. The predicted octanol–water partition coefficient (Wildman–Crippen LogP) is 4.56. The molecule has 2 aromatic carbocycles. The summed E-state index contributed by atoms with van der Waals surface area (Å²) < 4.78 is 44.7. The lowest BCUT2D eigenvalue weighted by molar-refractivity contribution is -0.138. The second-order valence-electron chi connectivity index (χ2n) is 6.89. The Labute approximate surface area is 162 Å². The van der Waals surface area contributed by atoms with Crippen LogP contribution in [0.5, 0.6) is 5.75 Å².